The van der Waals surface area contributed by atoms with Gasteiger partial charge in [-0.05, 0) is 43.2 Å². The number of thiophene rings is 1. The van der Waals surface area contributed by atoms with Gasteiger partial charge in [0, 0.05) is 22.6 Å². The highest BCUT2D eigenvalue weighted by Gasteiger charge is 2.34. The minimum atomic E-state index is -3.77. The van der Waals surface area contributed by atoms with E-state index in [0.29, 0.717) is 23.8 Å². The number of ether oxygens (including phenoxy) is 2. The van der Waals surface area contributed by atoms with Crippen LogP contribution in [0, 0.1) is 6.92 Å². The Labute approximate surface area is 198 Å². The van der Waals surface area contributed by atoms with E-state index in [2.05, 4.69) is 12.2 Å². The topological polar surface area (TPSA) is 81.7 Å². The molecule has 0 radical (unpaired) electrons. The van der Waals surface area contributed by atoms with Gasteiger partial charge in [0.1, 0.15) is 4.90 Å². The normalized spacial score (nSPS) is 15.6. The van der Waals surface area contributed by atoms with Crippen LogP contribution in [0.15, 0.2) is 57.6 Å². The molecule has 1 atom stereocenters. The third-order valence-corrected chi connectivity index (χ3v) is 8.76. The monoisotopic (exact) mass is 485 g/mol. The molecular weight excluding hydrogens is 458 g/mol. The largest absolute Gasteiger partial charge is 0.493 e. The summed E-state index contributed by atoms with van der Waals surface area (Å²) < 4.78 is 38.0. The van der Waals surface area contributed by atoms with E-state index < -0.39 is 9.84 Å². The summed E-state index contributed by atoms with van der Waals surface area (Å²) in [5.41, 5.74) is 2.25. The van der Waals surface area contributed by atoms with Crippen molar-refractivity contribution in [1.29, 1.82) is 0 Å². The minimum absolute atomic E-state index is 0.136. The van der Waals surface area contributed by atoms with Crippen LogP contribution >= 0.6 is 11.3 Å². The molecular formula is C25H27NO5S2. The number of carbonyl (C=O) groups is 1. The Bertz CT molecular complexity index is 1260. The number of hydrogen-bond donors (Lipinski definition) is 1. The van der Waals surface area contributed by atoms with E-state index in [1.165, 1.54) is 11.3 Å². The highest BCUT2D eigenvalue weighted by atomic mass is 32.2. The van der Waals surface area contributed by atoms with Crippen LogP contribution < -0.4 is 14.8 Å². The Morgan fingerprint density at radius 2 is 1.88 bits per heavy atom. The number of anilines is 1. The maximum absolute atomic E-state index is 13.3. The van der Waals surface area contributed by atoms with Crippen LogP contribution in [-0.4, -0.2) is 28.0 Å². The molecule has 0 aliphatic carbocycles. The molecule has 0 saturated carbocycles. The molecule has 1 aliphatic heterocycles. The van der Waals surface area contributed by atoms with Crippen LogP contribution in [0.4, 0.5) is 5.69 Å². The first-order valence-electron chi connectivity index (χ1n) is 10.9. The van der Waals surface area contributed by atoms with E-state index >= 15 is 0 Å². The number of methoxy groups -OCH3 is 1. The van der Waals surface area contributed by atoms with Crippen LogP contribution in [0.3, 0.4) is 0 Å². The number of fused-ring (bicyclic) bond motifs is 1. The number of sulfone groups is 1. The molecule has 0 spiro atoms. The standard InChI is InChI=1S/C25H27NO5S2/c1-4-5-12-31-21-13-17(8-11-20(21)30-3)19-14-23(27)26-24-22(15-32-25(19)24)33(28,29)18-9-6-16(2)7-10-18/h6-11,13,15,19H,4-5,12,14H2,1-3H3,(H,26,27). The van der Waals surface area contributed by atoms with Crippen LogP contribution in [0.2, 0.25) is 0 Å². The lowest BCUT2D eigenvalue weighted by Crippen LogP contribution is -2.23. The summed E-state index contributed by atoms with van der Waals surface area (Å²) in [5.74, 6) is 0.778. The molecule has 2 aromatic carbocycles. The average molecular weight is 486 g/mol. The van der Waals surface area contributed by atoms with Gasteiger partial charge >= 0.3 is 0 Å². The molecule has 6 nitrogen and oxygen atoms in total. The van der Waals surface area contributed by atoms with Gasteiger partial charge in [-0.25, -0.2) is 8.42 Å². The van der Waals surface area contributed by atoms with E-state index in [4.69, 9.17) is 9.47 Å². The quantitative estimate of drug-likeness (QED) is 0.423. The first-order chi connectivity index (χ1) is 15.8. The summed E-state index contributed by atoms with van der Waals surface area (Å²) in [6.45, 7) is 4.58. The van der Waals surface area contributed by atoms with Gasteiger partial charge in [0.15, 0.2) is 11.5 Å². The van der Waals surface area contributed by atoms with Crippen LogP contribution in [0.1, 0.15) is 48.1 Å². The summed E-state index contributed by atoms with van der Waals surface area (Å²) in [7, 11) is -2.17. The van der Waals surface area contributed by atoms with Gasteiger partial charge in [0.05, 0.1) is 24.3 Å². The lowest BCUT2D eigenvalue weighted by Gasteiger charge is -2.24. The van der Waals surface area contributed by atoms with Gasteiger partial charge in [0.25, 0.3) is 0 Å². The minimum Gasteiger partial charge on any atom is -0.493 e. The van der Waals surface area contributed by atoms with Crippen molar-refractivity contribution in [3.8, 4) is 11.5 Å². The van der Waals surface area contributed by atoms with Crippen molar-refractivity contribution in [2.24, 2.45) is 0 Å². The summed E-state index contributed by atoms with van der Waals surface area (Å²) in [4.78, 5) is 13.8. The first-order valence-corrected chi connectivity index (χ1v) is 13.2. The number of benzene rings is 2. The second kappa shape index (κ2) is 9.57. The second-order valence-corrected chi connectivity index (χ2v) is 10.9. The van der Waals surface area contributed by atoms with E-state index in [1.54, 1.807) is 36.8 Å². The fourth-order valence-electron chi connectivity index (χ4n) is 3.87. The van der Waals surface area contributed by atoms with Crippen LogP contribution in [0.25, 0.3) is 0 Å². The van der Waals surface area contributed by atoms with Gasteiger partial charge in [-0.2, -0.15) is 0 Å². The molecule has 4 rings (SSSR count). The number of carbonyl (C=O) groups excluding carboxylic acids is 1. The average Bonchev–Trinajstić information content (AvgIpc) is 3.23. The highest BCUT2D eigenvalue weighted by molar-refractivity contribution is 7.91. The molecule has 1 aliphatic rings. The van der Waals surface area contributed by atoms with E-state index in [0.717, 1.165) is 28.8 Å². The Morgan fingerprint density at radius 1 is 1.12 bits per heavy atom. The van der Waals surface area contributed by atoms with Crippen molar-refractivity contribution in [3.05, 3.63) is 63.8 Å². The molecule has 1 N–H and O–H groups in total. The molecule has 174 valence electrons. The fraction of sp³-hybridized carbons (Fsp3) is 0.320. The molecule has 0 bridgehead atoms. The predicted molar refractivity (Wildman–Crippen MR) is 129 cm³/mol. The summed E-state index contributed by atoms with van der Waals surface area (Å²) in [6.07, 6.45) is 2.17. The van der Waals surface area contributed by atoms with Gasteiger partial charge in [-0.3, -0.25) is 4.79 Å². The van der Waals surface area contributed by atoms with Gasteiger partial charge in [-0.1, -0.05) is 37.1 Å². The Kier molecular flexibility index (Phi) is 6.76. The number of rotatable bonds is 8. The molecule has 1 aromatic heterocycles. The zero-order valence-electron chi connectivity index (χ0n) is 18.9. The maximum atomic E-state index is 13.3. The van der Waals surface area contributed by atoms with Crippen molar-refractivity contribution >= 4 is 32.8 Å². The molecule has 2 heterocycles. The third-order valence-electron chi connectivity index (χ3n) is 5.72. The van der Waals surface area contributed by atoms with Crippen LogP contribution in [0.5, 0.6) is 11.5 Å². The van der Waals surface area contributed by atoms with Crippen LogP contribution in [-0.2, 0) is 14.6 Å². The van der Waals surface area contributed by atoms with Crippen molar-refractivity contribution in [2.75, 3.05) is 19.0 Å². The first kappa shape index (κ1) is 23.3. The van der Waals surface area contributed by atoms with Crippen molar-refractivity contribution in [3.63, 3.8) is 0 Å². The Hall–Kier alpha value is -2.84. The van der Waals surface area contributed by atoms with Gasteiger partial charge in [-0.15, -0.1) is 11.3 Å². The second-order valence-electron chi connectivity index (χ2n) is 8.07. The smallest absolute Gasteiger partial charge is 0.225 e. The van der Waals surface area contributed by atoms with E-state index in [9.17, 15) is 13.2 Å². The number of hydrogen-bond acceptors (Lipinski definition) is 6. The molecule has 3 aromatic rings. The summed E-state index contributed by atoms with van der Waals surface area (Å²) in [5, 5.41) is 4.44. The zero-order valence-corrected chi connectivity index (χ0v) is 20.5. The number of nitrogens with one attached hydrogen (secondary N) is 1. The van der Waals surface area contributed by atoms with Gasteiger partial charge < -0.3 is 14.8 Å². The lowest BCUT2D eigenvalue weighted by atomic mass is 9.90. The zero-order chi connectivity index (χ0) is 23.6. The van der Waals surface area contributed by atoms with Crippen molar-refractivity contribution in [2.45, 2.75) is 48.8 Å². The van der Waals surface area contributed by atoms with E-state index in [1.807, 2.05) is 25.1 Å². The van der Waals surface area contributed by atoms with Gasteiger partial charge in [0.2, 0.25) is 15.7 Å². The Morgan fingerprint density at radius 3 is 2.58 bits per heavy atom. The molecule has 8 heteroatoms. The highest BCUT2D eigenvalue weighted by Crippen LogP contribution is 2.47. The molecule has 0 saturated heterocycles. The number of aryl methyl sites for hydroxylation is 1. The Balaban J connectivity index is 1.74. The molecule has 1 unspecified atom stereocenters. The molecule has 33 heavy (non-hydrogen) atoms. The van der Waals surface area contributed by atoms with Crippen molar-refractivity contribution in [1.82, 2.24) is 0 Å². The fourth-order valence-corrected chi connectivity index (χ4v) is 6.77. The predicted octanol–water partition coefficient (Wildman–Crippen LogP) is 5.55. The lowest BCUT2D eigenvalue weighted by molar-refractivity contribution is -0.116. The molecule has 0 fully saturated rings. The summed E-state index contributed by atoms with van der Waals surface area (Å²) >= 11 is 1.35. The summed E-state index contributed by atoms with van der Waals surface area (Å²) in [6, 6.07) is 12.4. The maximum Gasteiger partial charge on any atom is 0.225 e. The van der Waals surface area contributed by atoms with Crippen molar-refractivity contribution < 1.29 is 22.7 Å². The SMILES string of the molecule is CCCCOc1cc(C2CC(=O)Nc3c(S(=O)(=O)c4ccc(C)cc4)csc32)ccc1OC. The number of amides is 1. The third kappa shape index (κ3) is 4.63. The van der Waals surface area contributed by atoms with E-state index in [-0.39, 0.29) is 28.0 Å². The number of unbranched alkanes of at least 4 members (excludes halogenated alkanes) is 1. The molecule has 1 amide bonds.